The van der Waals surface area contributed by atoms with Gasteiger partial charge in [-0.05, 0) is 60.9 Å². The summed E-state index contributed by atoms with van der Waals surface area (Å²) in [5.74, 6) is 2.08. The molecular weight excluding hydrogens is 388 g/mol. The van der Waals surface area contributed by atoms with E-state index in [1.165, 1.54) is 5.56 Å². The fourth-order valence-electron chi connectivity index (χ4n) is 4.68. The number of benzene rings is 1. The van der Waals surface area contributed by atoms with Crippen LogP contribution in [0.25, 0.3) is 11.2 Å². The van der Waals surface area contributed by atoms with Crippen molar-refractivity contribution in [2.75, 3.05) is 36.0 Å². The average Bonchev–Trinajstić information content (AvgIpc) is 3.23. The molecule has 4 heterocycles. The molecule has 2 aromatic heterocycles. The summed E-state index contributed by atoms with van der Waals surface area (Å²) in [6.07, 6.45) is 4.98. The van der Waals surface area contributed by atoms with Crippen molar-refractivity contribution in [2.45, 2.75) is 39.0 Å². The first-order valence-electron chi connectivity index (χ1n) is 11.0. The number of piperidine rings is 1. The van der Waals surface area contributed by atoms with E-state index in [1.54, 1.807) is 0 Å². The number of hydrogen-bond donors (Lipinski definition) is 2. The van der Waals surface area contributed by atoms with E-state index < -0.39 is 0 Å². The molecule has 8 nitrogen and oxygen atoms in total. The molecule has 1 saturated heterocycles. The molecule has 2 aliphatic rings. The average molecular weight is 417 g/mol. The third kappa shape index (κ3) is 3.39. The van der Waals surface area contributed by atoms with Crippen molar-refractivity contribution in [3.05, 3.63) is 35.5 Å². The minimum atomic E-state index is 0.222. The second kappa shape index (κ2) is 7.50. The molecule has 1 aromatic carbocycles. The predicted octanol–water partition coefficient (Wildman–Crippen LogP) is 3.44. The second-order valence-corrected chi connectivity index (χ2v) is 9.20. The number of hydrogen-bond acceptors (Lipinski definition) is 7. The Morgan fingerprint density at radius 1 is 1.29 bits per heavy atom. The molecular formula is C23H28N8. The third-order valence-electron chi connectivity index (χ3n) is 7.05. The number of anilines is 3. The summed E-state index contributed by atoms with van der Waals surface area (Å²) in [5.41, 5.74) is 10.6. The molecule has 0 aliphatic carbocycles. The van der Waals surface area contributed by atoms with Crippen LogP contribution in [0.1, 0.15) is 50.2 Å². The van der Waals surface area contributed by atoms with Crippen LogP contribution in [0.3, 0.4) is 0 Å². The molecule has 160 valence electrons. The van der Waals surface area contributed by atoms with Gasteiger partial charge in [0.25, 0.3) is 0 Å². The zero-order valence-corrected chi connectivity index (χ0v) is 18.1. The van der Waals surface area contributed by atoms with Crippen LogP contribution in [0.4, 0.5) is 17.3 Å². The molecule has 3 N–H and O–H groups in total. The van der Waals surface area contributed by atoms with Crippen molar-refractivity contribution in [1.29, 1.82) is 5.26 Å². The van der Waals surface area contributed by atoms with Gasteiger partial charge in [-0.15, -0.1) is 0 Å². The van der Waals surface area contributed by atoms with Crippen molar-refractivity contribution < 1.29 is 0 Å². The Bertz CT molecular complexity index is 1150. The van der Waals surface area contributed by atoms with E-state index in [1.807, 2.05) is 24.4 Å². The summed E-state index contributed by atoms with van der Waals surface area (Å²) in [6, 6.07) is 8.14. The van der Waals surface area contributed by atoms with Crippen LogP contribution in [0.5, 0.6) is 0 Å². The lowest BCUT2D eigenvalue weighted by Crippen LogP contribution is -2.42. The molecule has 0 unspecified atom stereocenters. The summed E-state index contributed by atoms with van der Waals surface area (Å²) in [4.78, 5) is 14.1. The van der Waals surface area contributed by atoms with Gasteiger partial charge in [-0.25, -0.2) is 9.97 Å². The molecule has 0 spiro atoms. The third-order valence-corrected chi connectivity index (χ3v) is 7.05. The normalized spacial score (nSPS) is 20.5. The van der Waals surface area contributed by atoms with Crippen LogP contribution in [-0.2, 0) is 0 Å². The number of H-pyrrole nitrogens is 1. The number of aromatic nitrogens is 4. The van der Waals surface area contributed by atoms with E-state index in [4.69, 9.17) is 15.7 Å². The maximum Gasteiger partial charge on any atom is 0.183 e. The molecule has 0 amide bonds. The Balaban J connectivity index is 1.45. The Kier molecular flexibility index (Phi) is 4.78. The lowest BCUT2D eigenvalue weighted by atomic mass is 9.80. The standard InChI is InChI=1S/C23H28N8/c1-15-5-8-31(18-4-3-16(12-24)11-17(15)18)22-20-21(28-29-22)27-19(13-26-20)30-9-6-23(2,14-25)7-10-30/h3-4,11,13,15H,5-10,14,25H2,1-2H3,(H,27,28,29)/t15-/m0/s1. The van der Waals surface area contributed by atoms with Crippen LogP contribution in [0, 0.1) is 16.7 Å². The number of rotatable bonds is 3. The van der Waals surface area contributed by atoms with E-state index >= 15 is 0 Å². The number of nitriles is 1. The molecule has 1 atom stereocenters. The molecule has 1 fully saturated rings. The quantitative estimate of drug-likeness (QED) is 0.673. The van der Waals surface area contributed by atoms with E-state index in [0.717, 1.165) is 68.3 Å². The van der Waals surface area contributed by atoms with E-state index in [2.05, 4.69) is 39.9 Å². The maximum absolute atomic E-state index is 9.28. The van der Waals surface area contributed by atoms with Gasteiger partial charge in [-0.2, -0.15) is 10.4 Å². The van der Waals surface area contributed by atoms with Crippen molar-refractivity contribution >= 4 is 28.5 Å². The Labute approximate surface area is 182 Å². The zero-order valence-electron chi connectivity index (χ0n) is 18.1. The van der Waals surface area contributed by atoms with Gasteiger partial charge in [0.2, 0.25) is 0 Å². The van der Waals surface area contributed by atoms with Crippen molar-refractivity contribution in [1.82, 2.24) is 20.2 Å². The fraction of sp³-hybridized carbons (Fsp3) is 0.478. The number of aromatic amines is 1. The molecule has 31 heavy (non-hydrogen) atoms. The highest BCUT2D eigenvalue weighted by Gasteiger charge is 2.30. The number of nitrogens with two attached hydrogens (primary N) is 1. The van der Waals surface area contributed by atoms with Crippen LogP contribution in [0.15, 0.2) is 24.4 Å². The van der Waals surface area contributed by atoms with Gasteiger partial charge in [0, 0.05) is 25.3 Å². The first kappa shape index (κ1) is 19.8. The minimum Gasteiger partial charge on any atom is -0.355 e. The molecule has 5 rings (SSSR count). The summed E-state index contributed by atoms with van der Waals surface area (Å²) in [5, 5.41) is 17.0. The van der Waals surface area contributed by atoms with Crippen LogP contribution >= 0.6 is 0 Å². The predicted molar refractivity (Wildman–Crippen MR) is 121 cm³/mol. The van der Waals surface area contributed by atoms with Gasteiger partial charge in [-0.3, -0.25) is 5.10 Å². The minimum absolute atomic E-state index is 0.222. The molecule has 0 bridgehead atoms. The molecule has 3 aromatic rings. The van der Waals surface area contributed by atoms with Gasteiger partial charge in [0.1, 0.15) is 5.82 Å². The highest BCUT2D eigenvalue weighted by molar-refractivity contribution is 5.88. The summed E-state index contributed by atoms with van der Waals surface area (Å²) in [6.45, 7) is 7.92. The van der Waals surface area contributed by atoms with Gasteiger partial charge < -0.3 is 15.5 Å². The van der Waals surface area contributed by atoms with Crippen LogP contribution in [0.2, 0.25) is 0 Å². The smallest absolute Gasteiger partial charge is 0.183 e. The molecule has 8 heteroatoms. The maximum atomic E-state index is 9.28. The Morgan fingerprint density at radius 3 is 2.84 bits per heavy atom. The first-order valence-corrected chi connectivity index (χ1v) is 11.0. The Hall–Kier alpha value is -3.18. The summed E-state index contributed by atoms with van der Waals surface area (Å²) in [7, 11) is 0. The second-order valence-electron chi connectivity index (χ2n) is 9.20. The van der Waals surface area contributed by atoms with Gasteiger partial charge in [0.15, 0.2) is 17.0 Å². The SMILES string of the molecule is C[C@H]1CCN(c2n[nH]c3nc(N4CCC(C)(CN)CC4)cnc23)c2ccc(C#N)cc21. The van der Waals surface area contributed by atoms with Gasteiger partial charge in [-0.1, -0.05) is 13.8 Å². The molecule has 2 aliphatic heterocycles. The number of fused-ring (bicyclic) bond motifs is 2. The lowest BCUT2D eigenvalue weighted by molar-refractivity contribution is 0.258. The van der Waals surface area contributed by atoms with Crippen molar-refractivity contribution in [3.63, 3.8) is 0 Å². The highest BCUT2D eigenvalue weighted by Crippen LogP contribution is 2.40. The van der Waals surface area contributed by atoms with Gasteiger partial charge in [0.05, 0.1) is 17.8 Å². The van der Waals surface area contributed by atoms with Crippen LogP contribution in [-0.4, -0.2) is 46.3 Å². The topological polar surface area (TPSA) is 111 Å². The van der Waals surface area contributed by atoms with E-state index in [9.17, 15) is 5.26 Å². The molecule has 0 radical (unpaired) electrons. The van der Waals surface area contributed by atoms with Gasteiger partial charge >= 0.3 is 0 Å². The highest BCUT2D eigenvalue weighted by atomic mass is 15.3. The summed E-state index contributed by atoms with van der Waals surface area (Å²) >= 11 is 0. The molecule has 0 saturated carbocycles. The van der Waals surface area contributed by atoms with Crippen molar-refractivity contribution in [3.8, 4) is 6.07 Å². The largest absolute Gasteiger partial charge is 0.355 e. The Morgan fingerprint density at radius 2 is 2.10 bits per heavy atom. The van der Waals surface area contributed by atoms with Crippen LogP contribution < -0.4 is 15.5 Å². The zero-order chi connectivity index (χ0) is 21.6. The van der Waals surface area contributed by atoms with E-state index in [0.29, 0.717) is 17.1 Å². The fourth-order valence-corrected chi connectivity index (χ4v) is 4.68. The lowest BCUT2D eigenvalue weighted by Gasteiger charge is -2.39. The number of nitrogens with zero attached hydrogens (tertiary/aromatic N) is 6. The summed E-state index contributed by atoms with van der Waals surface area (Å²) < 4.78 is 0. The van der Waals surface area contributed by atoms with Crippen molar-refractivity contribution in [2.24, 2.45) is 11.1 Å². The number of nitrogens with one attached hydrogen (secondary N) is 1. The first-order chi connectivity index (χ1) is 15.0. The van der Waals surface area contributed by atoms with E-state index in [-0.39, 0.29) is 5.41 Å². The monoisotopic (exact) mass is 416 g/mol.